The van der Waals surface area contributed by atoms with Crippen LogP contribution in [0.15, 0.2) is 12.1 Å². The summed E-state index contributed by atoms with van der Waals surface area (Å²) in [7, 11) is 0. The fraction of sp³-hybridized carbons (Fsp3) is 0.462. The van der Waals surface area contributed by atoms with Crippen molar-refractivity contribution in [1.82, 2.24) is 19.7 Å². The van der Waals surface area contributed by atoms with E-state index in [0.29, 0.717) is 6.54 Å². The van der Waals surface area contributed by atoms with Crippen molar-refractivity contribution in [1.29, 1.82) is 0 Å². The van der Waals surface area contributed by atoms with Gasteiger partial charge in [0.05, 0.1) is 5.69 Å². The van der Waals surface area contributed by atoms with Gasteiger partial charge in [-0.3, -0.25) is 4.68 Å². The van der Waals surface area contributed by atoms with Crippen molar-refractivity contribution in [2.45, 2.75) is 34.2 Å². The van der Waals surface area contributed by atoms with Crippen LogP contribution in [0.5, 0.6) is 0 Å². The predicted octanol–water partition coefficient (Wildman–Crippen LogP) is 2.08. The minimum Gasteiger partial charge on any atom is -0.370 e. The quantitative estimate of drug-likeness (QED) is 0.896. The van der Waals surface area contributed by atoms with Crippen LogP contribution in [-0.4, -0.2) is 26.3 Å². The van der Waals surface area contributed by atoms with Crippen molar-refractivity contribution >= 4 is 5.82 Å². The van der Waals surface area contributed by atoms with Crippen LogP contribution in [0.25, 0.3) is 0 Å². The third-order valence-corrected chi connectivity index (χ3v) is 2.65. The van der Waals surface area contributed by atoms with Crippen molar-refractivity contribution in [3.63, 3.8) is 0 Å². The Hall–Kier alpha value is -1.91. The molecule has 0 fully saturated rings. The van der Waals surface area contributed by atoms with Gasteiger partial charge >= 0.3 is 0 Å². The molecule has 0 saturated heterocycles. The Balaban J connectivity index is 2.25. The SMILES string of the molecule is CCNc1cc(C)nc(Cn2nc(C)cc2C)n1. The Morgan fingerprint density at radius 1 is 1.11 bits per heavy atom. The molecule has 0 spiro atoms. The van der Waals surface area contributed by atoms with Crippen LogP contribution in [0.3, 0.4) is 0 Å². The fourth-order valence-electron chi connectivity index (χ4n) is 1.94. The molecule has 0 aromatic carbocycles. The van der Waals surface area contributed by atoms with E-state index in [2.05, 4.69) is 33.4 Å². The number of nitrogens with zero attached hydrogens (tertiary/aromatic N) is 4. The first-order valence-electron chi connectivity index (χ1n) is 6.18. The lowest BCUT2D eigenvalue weighted by molar-refractivity contribution is 0.630. The van der Waals surface area contributed by atoms with Gasteiger partial charge in [-0.2, -0.15) is 5.10 Å². The number of nitrogens with one attached hydrogen (secondary N) is 1. The minimum absolute atomic E-state index is 0.611. The number of anilines is 1. The van der Waals surface area contributed by atoms with E-state index < -0.39 is 0 Å². The Morgan fingerprint density at radius 3 is 2.50 bits per heavy atom. The minimum atomic E-state index is 0.611. The Labute approximate surface area is 107 Å². The van der Waals surface area contributed by atoms with Gasteiger partial charge in [-0.1, -0.05) is 0 Å². The van der Waals surface area contributed by atoms with Crippen LogP contribution < -0.4 is 5.32 Å². The Kier molecular flexibility index (Phi) is 3.60. The highest BCUT2D eigenvalue weighted by molar-refractivity contribution is 5.35. The molecule has 18 heavy (non-hydrogen) atoms. The standard InChI is InChI=1S/C13H19N5/c1-5-14-12-7-9(2)15-13(16-12)8-18-11(4)6-10(3)17-18/h6-7H,5,8H2,1-4H3,(H,14,15,16). The van der Waals surface area contributed by atoms with Gasteiger partial charge in [0, 0.05) is 24.0 Å². The van der Waals surface area contributed by atoms with E-state index >= 15 is 0 Å². The second-order valence-electron chi connectivity index (χ2n) is 4.43. The van der Waals surface area contributed by atoms with Gasteiger partial charge in [-0.15, -0.1) is 0 Å². The lowest BCUT2D eigenvalue weighted by Crippen LogP contribution is -2.10. The molecule has 0 atom stereocenters. The highest BCUT2D eigenvalue weighted by atomic mass is 15.3. The van der Waals surface area contributed by atoms with Crippen LogP contribution in [0, 0.1) is 20.8 Å². The van der Waals surface area contributed by atoms with E-state index in [9.17, 15) is 0 Å². The molecule has 0 amide bonds. The molecule has 0 radical (unpaired) electrons. The molecule has 1 N–H and O–H groups in total. The van der Waals surface area contributed by atoms with Crippen molar-refractivity contribution in [2.75, 3.05) is 11.9 Å². The molecule has 2 aromatic rings. The average Bonchev–Trinajstić information content (AvgIpc) is 2.57. The van der Waals surface area contributed by atoms with Gasteiger partial charge < -0.3 is 5.32 Å². The highest BCUT2D eigenvalue weighted by Crippen LogP contribution is 2.09. The fourth-order valence-corrected chi connectivity index (χ4v) is 1.94. The summed E-state index contributed by atoms with van der Waals surface area (Å²) >= 11 is 0. The number of hydrogen-bond donors (Lipinski definition) is 1. The Bertz CT molecular complexity index is 544. The molecular formula is C13H19N5. The van der Waals surface area contributed by atoms with Crippen molar-refractivity contribution in [3.05, 3.63) is 35.0 Å². The zero-order valence-electron chi connectivity index (χ0n) is 11.4. The molecule has 2 rings (SSSR count). The molecule has 0 saturated carbocycles. The first-order valence-corrected chi connectivity index (χ1v) is 6.18. The zero-order chi connectivity index (χ0) is 13.1. The lowest BCUT2D eigenvalue weighted by Gasteiger charge is -2.08. The largest absolute Gasteiger partial charge is 0.370 e. The van der Waals surface area contributed by atoms with Gasteiger partial charge in [0.25, 0.3) is 0 Å². The van der Waals surface area contributed by atoms with Crippen molar-refractivity contribution in [3.8, 4) is 0 Å². The summed E-state index contributed by atoms with van der Waals surface area (Å²) in [5.41, 5.74) is 3.12. The molecule has 0 aliphatic carbocycles. The third kappa shape index (κ3) is 2.85. The molecule has 0 aliphatic heterocycles. The van der Waals surface area contributed by atoms with Crippen LogP contribution in [0.4, 0.5) is 5.82 Å². The van der Waals surface area contributed by atoms with Gasteiger partial charge in [0.2, 0.25) is 0 Å². The summed E-state index contributed by atoms with van der Waals surface area (Å²) in [6.07, 6.45) is 0. The number of aromatic nitrogens is 4. The predicted molar refractivity (Wildman–Crippen MR) is 71.7 cm³/mol. The van der Waals surface area contributed by atoms with E-state index in [4.69, 9.17) is 0 Å². The van der Waals surface area contributed by atoms with E-state index in [-0.39, 0.29) is 0 Å². The first kappa shape index (κ1) is 12.5. The van der Waals surface area contributed by atoms with Gasteiger partial charge in [-0.25, -0.2) is 9.97 Å². The van der Waals surface area contributed by atoms with E-state index in [1.54, 1.807) is 0 Å². The second kappa shape index (κ2) is 5.16. The maximum Gasteiger partial charge on any atom is 0.152 e. The second-order valence-corrected chi connectivity index (χ2v) is 4.43. The summed E-state index contributed by atoms with van der Waals surface area (Å²) in [6, 6.07) is 4.01. The van der Waals surface area contributed by atoms with Crippen molar-refractivity contribution < 1.29 is 0 Å². The molecule has 96 valence electrons. The van der Waals surface area contributed by atoms with E-state index in [1.165, 1.54) is 0 Å². The Morgan fingerprint density at radius 2 is 1.89 bits per heavy atom. The summed E-state index contributed by atoms with van der Waals surface area (Å²) in [6.45, 7) is 9.53. The van der Waals surface area contributed by atoms with Gasteiger partial charge in [-0.05, 0) is 33.8 Å². The lowest BCUT2D eigenvalue weighted by atomic mass is 10.4. The van der Waals surface area contributed by atoms with E-state index in [0.717, 1.165) is 35.3 Å². The summed E-state index contributed by atoms with van der Waals surface area (Å²) in [5, 5.41) is 7.64. The summed E-state index contributed by atoms with van der Waals surface area (Å²) in [4.78, 5) is 8.94. The van der Waals surface area contributed by atoms with Crippen LogP contribution in [0.2, 0.25) is 0 Å². The summed E-state index contributed by atoms with van der Waals surface area (Å²) < 4.78 is 1.93. The first-order chi connectivity index (χ1) is 8.58. The smallest absolute Gasteiger partial charge is 0.152 e. The number of aryl methyl sites for hydroxylation is 3. The maximum atomic E-state index is 4.49. The monoisotopic (exact) mass is 245 g/mol. The molecule has 5 heteroatoms. The van der Waals surface area contributed by atoms with Crippen LogP contribution in [0.1, 0.15) is 29.8 Å². The average molecular weight is 245 g/mol. The normalized spacial score (nSPS) is 10.7. The van der Waals surface area contributed by atoms with Gasteiger partial charge in [0.1, 0.15) is 12.4 Å². The summed E-state index contributed by atoms with van der Waals surface area (Å²) in [5.74, 6) is 1.67. The molecule has 0 unspecified atom stereocenters. The molecular weight excluding hydrogens is 226 g/mol. The zero-order valence-corrected chi connectivity index (χ0v) is 11.4. The molecule has 2 aromatic heterocycles. The number of hydrogen-bond acceptors (Lipinski definition) is 4. The van der Waals surface area contributed by atoms with Crippen LogP contribution >= 0.6 is 0 Å². The highest BCUT2D eigenvalue weighted by Gasteiger charge is 2.06. The van der Waals surface area contributed by atoms with Crippen molar-refractivity contribution in [2.24, 2.45) is 0 Å². The van der Waals surface area contributed by atoms with Crippen LogP contribution in [-0.2, 0) is 6.54 Å². The van der Waals surface area contributed by atoms with E-state index in [1.807, 2.05) is 31.5 Å². The third-order valence-electron chi connectivity index (χ3n) is 2.65. The molecule has 5 nitrogen and oxygen atoms in total. The topological polar surface area (TPSA) is 55.6 Å². The maximum absolute atomic E-state index is 4.49. The molecule has 0 bridgehead atoms. The molecule has 0 aliphatic rings. The number of rotatable bonds is 4. The molecule has 2 heterocycles. The van der Waals surface area contributed by atoms with Gasteiger partial charge in [0.15, 0.2) is 5.82 Å².